The van der Waals surface area contributed by atoms with Crippen molar-refractivity contribution in [2.24, 2.45) is 0 Å². The first-order valence-corrected chi connectivity index (χ1v) is 6.13. The molecule has 0 saturated heterocycles. The molecule has 0 aliphatic heterocycles. The lowest BCUT2D eigenvalue weighted by atomic mass is 10.1. The second kappa shape index (κ2) is 6.10. The molecule has 2 heteroatoms. The van der Waals surface area contributed by atoms with Gasteiger partial charge in [-0.1, -0.05) is 25.5 Å². The van der Waals surface area contributed by atoms with Crippen LogP contribution in [0.5, 0.6) is 0 Å². The lowest BCUT2D eigenvalue weighted by Crippen LogP contribution is -1.90. The van der Waals surface area contributed by atoms with Gasteiger partial charge in [0.15, 0.2) is 0 Å². The second-order valence-electron chi connectivity index (χ2n) is 3.45. The Bertz CT molecular complexity index is 271. The molecule has 0 radical (unpaired) electrons. The SMILES string of the molecule is CCCCSc1cccc(C(C)O)c1. The zero-order valence-electron chi connectivity index (χ0n) is 8.86. The first kappa shape index (κ1) is 11.6. The highest BCUT2D eigenvalue weighted by Gasteiger charge is 2.01. The number of aliphatic hydroxyl groups excluding tert-OH is 1. The lowest BCUT2D eigenvalue weighted by Gasteiger charge is -2.06. The predicted molar refractivity (Wildman–Crippen MR) is 62.7 cm³/mol. The van der Waals surface area contributed by atoms with Gasteiger partial charge in [0, 0.05) is 4.90 Å². The molecule has 0 bridgehead atoms. The number of thioether (sulfide) groups is 1. The third-order valence-corrected chi connectivity index (χ3v) is 3.19. The van der Waals surface area contributed by atoms with E-state index in [-0.39, 0.29) is 6.10 Å². The summed E-state index contributed by atoms with van der Waals surface area (Å²) >= 11 is 1.87. The van der Waals surface area contributed by atoms with Crippen molar-refractivity contribution < 1.29 is 5.11 Å². The second-order valence-corrected chi connectivity index (χ2v) is 4.62. The molecule has 0 heterocycles. The highest BCUT2D eigenvalue weighted by molar-refractivity contribution is 7.99. The van der Waals surface area contributed by atoms with E-state index in [0.717, 1.165) is 5.56 Å². The fourth-order valence-corrected chi connectivity index (χ4v) is 2.26. The van der Waals surface area contributed by atoms with E-state index in [4.69, 9.17) is 0 Å². The van der Waals surface area contributed by atoms with Crippen LogP contribution in [0.2, 0.25) is 0 Å². The minimum Gasteiger partial charge on any atom is -0.389 e. The molecule has 1 unspecified atom stereocenters. The molecular formula is C12H18OS. The van der Waals surface area contributed by atoms with Crippen LogP contribution < -0.4 is 0 Å². The molecule has 14 heavy (non-hydrogen) atoms. The monoisotopic (exact) mass is 210 g/mol. The minimum absolute atomic E-state index is 0.360. The van der Waals surface area contributed by atoms with Crippen LogP contribution in [0.3, 0.4) is 0 Å². The highest BCUT2D eigenvalue weighted by atomic mass is 32.2. The number of rotatable bonds is 5. The van der Waals surface area contributed by atoms with Crippen LogP contribution in [0.15, 0.2) is 29.2 Å². The minimum atomic E-state index is -0.360. The summed E-state index contributed by atoms with van der Waals surface area (Å²) in [7, 11) is 0. The first-order chi connectivity index (χ1) is 6.74. The summed E-state index contributed by atoms with van der Waals surface area (Å²) in [5, 5.41) is 9.41. The normalized spacial score (nSPS) is 12.8. The first-order valence-electron chi connectivity index (χ1n) is 5.15. The quantitative estimate of drug-likeness (QED) is 0.591. The van der Waals surface area contributed by atoms with E-state index in [9.17, 15) is 5.11 Å². The average molecular weight is 210 g/mol. The van der Waals surface area contributed by atoms with Gasteiger partial charge in [-0.05, 0) is 36.8 Å². The number of aliphatic hydroxyl groups is 1. The average Bonchev–Trinajstić information content (AvgIpc) is 2.19. The maximum absolute atomic E-state index is 9.41. The van der Waals surface area contributed by atoms with Crippen molar-refractivity contribution in [1.82, 2.24) is 0 Å². The van der Waals surface area contributed by atoms with Crippen molar-refractivity contribution in [1.29, 1.82) is 0 Å². The third-order valence-electron chi connectivity index (χ3n) is 2.11. The summed E-state index contributed by atoms with van der Waals surface area (Å²) in [6, 6.07) is 8.15. The Morgan fingerprint density at radius 3 is 2.86 bits per heavy atom. The van der Waals surface area contributed by atoms with Crippen molar-refractivity contribution in [3.05, 3.63) is 29.8 Å². The van der Waals surface area contributed by atoms with E-state index < -0.39 is 0 Å². The maximum Gasteiger partial charge on any atom is 0.0762 e. The van der Waals surface area contributed by atoms with Gasteiger partial charge in [0.2, 0.25) is 0 Å². The molecule has 0 fully saturated rings. The van der Waals surface area contributed by atoms with Crippen LogP contribution in [0.1, 0.15) is 38.4 Å². The largest absolute Gasteiger partial charge is 0.389 e. The van der Waals surface area contributed by atoms with Gasteiger partial charge in [0.25, 0.3) is 0 Å². The van der Waals surface area contributed by atoms with E-state index in [1.807, 2.05) is 23.9 Å². The predicted octanol–water partition coefficient (Wildman–Crippen LogP) is 3.63. The third kappa shape index (κ3) is 3.72. The zero-order valence-corrected chi connectivity index (χ0v) is 9.68. The van der Waals surface area contributed by atoms with Crippen molar-refractivity contribution in [3.8, 4) is 0 Å². The maximum atomic E-state index is 9.41. The Morgan fingerprint density at radius 1 is 1.43 bits per heavy atom. The molecule has 1 rings (SSSR count). The van der Waals surface area contributed by atoms with E-state index in [1.165, 1.54) is 23.5 Å². The van der Waals surface area contributed by atoms with Crippen LogP contribution in [-0.2, 0) is 0 Å². The number of benzene rings is 1. The van der Waals surface area contributed by atoms with Gasteiger partial charge in [-0.2, -0.15) is 0 Å². The van der Waals surface area contributed by atoms with Gasteiger partial charge in [-0.15, -0.1) is 11.8 Å². The summed E-state index contributed by atoms with van der Waals surface area (Å²) in [6.07, 6.45) is 2.13. The molecular weight excluding hydrogens is 192 g/mol. The van der Waals surface area contributed by atoms with Gasteiger partial charge < -0.3 is 5.11 Å². The van der Waals surface area contributed by atoms with Crippen LogP contribution in [-0.4, -0.2) is 10.9 Å². The molecule has 0 saturated carbocycles. The molecule has 78 valence electrons. The topological polar surface area (TPSA) is 20.2 Å². The molecule has 0 aliphatic carbocycles. The molecule has 1 N–H and O–H groups in total. The Labute approximate surface area is 90.5 Å². The summed E-state index contributed by atoms with van der Waals surface area (Å²) < 4.78 is 0. The molecule has 1 nitrogen and oxygen atoms in total. The van der Waals surface area contributed by atoms with Crippen LogP contribution in [0, 0.1) is 0 Å². The Kier molecular flexibility index (Phi) is 5.05. The highest BCUT2D eigenvalue weighted by Crippen LogP contribution is 2.22. The van der Waals surface area contributed by atoms with Crippen molar-refractivity contribution in [2.75, 3.05) is 5.75 Å². The van der Waals surface area contributed by atoms with E-state index in [1.54, 1.807) is 6.92 Å². The van der Waals surface area contributed by atoms with Gasteiger partial charge in [0.1, 0.15) is 0 Å². The summed E-state index contributed by atoms with van der Waals surface area (Å²) in [5.74, 6) is 1.17. The Balaban J connectivity index is 2.55. The molecule has 1 aromatic rings. The van der Waals surface area contributed by atoms with Gasteiger partial charge >= 0.3 is 0 Å². The number of hydrogen-bond acceptors (Lipinski definition) is 2. The van der Waals surface area contributed by atoms with Crippen LogP contribution >= 0.6 is 11.8 Å². The van der Waals surface area contributed by atoms with E-state index in [2.05, 4.69) is 19.1 Å². The number of hydrogen-bond donors (Lipinski definition) is 1. The standard InChI is InChI=1S/C12H18OS/c1-3-4-8-14-12-7-5-6-11(9-12)10(2)13/h5-7,9-10,13H,3-4,8H2,1-2H3. The summed E-state index contributed by atoms with van der Waals surface area (Å²) in [4.78, 5) is 1.26. The van der Waals surface area contributed by atoms with Crippen LogP contribution in [0.25, 0.3) is 0 Å². The van der Waals surface area contributed by atoms with Crippen LogP contribution in [0.4, 0.5) is 0 Å². The molecule has 0 aliphatic rings. The Morgan fingerprint density at radius 2 is 2.21 bits per heavy atom. The smallest absolute Gasteiger partial charge is 0.0762 e. The molecule has 1 atom stereocenters. The van der Waals surface area contributed by atoms with E-state index >= 15 is 0 Å². The van der Waals surface area contributed by atoms with Crippen molar-refractivity contribution >= 4 is 11.8 Å². The zero-order chi connectivity index (χ0) is 10.4. The molecule has 0 spiro atoms. The van der Waals surface area contributed by atoms with Gasteiger partial charge in [-0.25, -0.2) is 0 Å². The summed E-state index contributed by atoms with van der Waals surface area (Å²) in [5.41, 5.74) is 1.01. The summed E-state index contributed by atoms with van der Waals surface area (Å²) in [6.45, 7) is 4.00. The van der Waals surface area contributed by atoms with Crippen molar-refractivity contribution in [3.63, 3.8) is 0 Å². The molecule has 1 aromatic carbocycles. The fourth-order valence-electron chi connectivity index (χ4n) is 1.20. The fraction of sp³-hybridized carbons (Fsp3) is 0.500. The number of unbranched alkanes of at least 4 members (excludes halogenated alkanes) is 1. The Hall–Kier alpha value is -0.470. The van der Waals surface area contributed by atoms with E-state index in [0.29, 0.717) is 0 Å². The lowest BCUT2D eigenvalue weighted by molar-refractivity contribution is 0.199. The van der Waals surface area contributed by atoms with Crippen molar-refractivity contribution in [2.45, 2.75) is 37.7 Å². The van der Waals surface area contributed by atoms with Gasteiger partial charge in [-0.3, -0.25) is 0 Å². The molecule has 0 amide bonds. The molecule has 0 aromatic heterocycles. The van der Waals surface area contributed by atoms with Gasteiger partial charge in [0.05, 0.1) is 6.10 Å².